The van der Waals surface area contributed by atoms with Gasteiger partial charge in [-0.3, -0.25) is 0 Å². The molecule has 2 aromatic heterocycles. The Morgan fingerprint density at radius 3 is 2.76 bits per heavy atom. The second-order valence-electron chi connectivity index (χ2n) is 5.47. The molecule has 106 valence electrons. The van der Waals surface area contributed by atoms with E-state index >= 15 is 0 Å². The summed E-state index contributed by atoms with van der Waals surface area (Å²) in [6.45, 7) is 2.97. The number of aryl methyl sites for hydroxylation is 1. The summed E-state index contributed by atoms with van der Waals surface area (Å²) in [5.74, 6) is 1.82. The van der Waals surface area contributed by atoms with Crippen molar-refractivity contribution in [2.24, 2.45) is 0 Å². The highest BCUT2D eigenvalue weighted by molar-refractivity contribution is 5.48. The zero-order chi connectivity index (χ0) is 14.2. The largest absolute Gasteiger partial charge is 0.348 e. The molecule has 0 N–H and O–H groups in total. The fourth-order valence-corrected chi connectivity index (χ4v) is 3.10. The fraction of sp³-hybridized carbons (Fsp3) is 0.312. The van der Waals surface area contributed by atoms with Crippen LogP contribution in [0.4, 0.5) is 5.82 Å². The van der Waals surface area contributed by atoms with E-state index in [0.29, 0.717) is 6.04 Å². The Morgan fingerprint density at radius 2 is 1.90 bits per heavy atom. The summed E-state index contributed by atoms with van der Waals surface area (Å²) in [6, 6.07) is 15.1. The second kappa shape index (κ2) is 4.84. The molecule has 1 atom stereocenters. The summed E-state index contributed by atoms with van der Waals surface area (Å²) in [4.78, 5) is 2.38. The van der Waals surface area contributed by atoms with Crippen molar-refractivity contribution >= 4 is 11.5 Å². The highest BCUT2D eigenvalue weighted by Gasteiger charge is 2.27. The number of fused-ring (bicyclic) bond motifs is 1. The second-order valence-corrected chi connectivity index (χ2v) is 5.47. The van der Waals surface area contributed by atoms with Gasteiger partial charge in [0.25, 0.3) is 0 Å². The van der Waals surface area contributed by atoms with E-state index in [-0.39, 0.29) is 0 Å². The van der Waals surface area contributed by atoms with Crippen molar-refractivity contribution in [1.29, 1.82) is 0 Å². The van der Waals surface area contributed by atoms with Gasteiger partial charge in [0.2, 0.25) is 0 Å². The Kier molecular flexibility index (Phi) is 2.84. The normalized spacial score (nSPS) is 18.5. The van der Waals surface area contributed by atoms with Crippen LogP contribution in [-0.4, -0.2) is 26.4 Å². The molecule has 1 aromatic carbocycles. The molecule has 4 rings (SSSR count). The molecule has 5 nitrogen and oxygen atoms in total. The summed E-state index contributed by atoms with van der Waals surface area (Å²) in [7, 11) is 0. The summed E-state index contributed by atoms with van der Waals surface area (Å²) < 4.78 is 1.82. The fourth-order valence-electron chi connectivity index (χ4n) is 3.10. The van der Waals surface area contributed by atoms with Gasteiger partial charge in [-0.1, -0.05) is 30.3 Å². The van der Waals surface area contributed by atoms with Crippen LogP contribution in [0, 0.1) is 6.92 Å². The monoisotopic (exact) mass is 279 g/mol. The van der Waals surface area contributed by atoms with Crippen LogP contribution in [0.2, 0.25) is 0 Å². The summed E-state index contributed by atoms with van der Waals surface area (Å²) >= 11 is 0. The van der Waals surface area contributed by atoms with Crippen LogP contribution in [0.15, 0.2) is 42.5 Å². The number of rotatable bonds is 2. The topological polar surface area (TPSA) is 46.3 Å². The lowest BCUT2D eigenvalue weighted by atomic mass is 10.0. The molecule has 1 aliphatic heterocycles. The van der Waals surface area contributed by atoms with Gasteiger partial charge in [-0.15, -0.1) is 15.3 Å². The zero-order valence-electron chi connectivity index (χ0n) is 12.0. The number of benzene rings is 1. The first-order valence-electron chi connectivity index (χ1n) is 7.33. The van der Waals surface area contributed by atoms with Crippen LogP contribution in [0.3, 0.4) is 0 Å². The van der Waals surface area contributed by atoms with Gasteiger partial charge in [-0.2, -0.15) is 4.52 Å². The van der Waals surface area contributed by atoms with Crippen molar-refractivity contribution < 1.29 is 0 Å². The lowest BCUT2D eigenvalue weighted by molar-refractivity contribution is 0.700. The Bertz CT molecular complexity index is 765. The van der Waals surface area contributed by atoms with Crippen molar-refractivity contribution in [2.75, 3.05) is 11.4 Å². The van der Waals surface area contributed by atoms with Crippen LogP contribution in [0.1, 0.15) is 30.3 Å². The van der Waals surface area contributed by atoms with E-state index in [4.69, 9.17) is 5.10 Å². The summed E-state index contributed by atoms with van der Waals surface area (Å²) in [5.41, 5.74) is 2.16. The van der Waals surface area contributed by atoms with Gasteiger partial charge in [-0.25, -0.2) is 0 Å². The Morgan fingerprint density at radius 1 is 1.05 bits per heavy atom. The average molecular weight is 279 g/mol. The van der Waals surface area contributed by atoms with Gasteiger partial charge in [0, 0.05) is 6.54 Å². The van der Waals surface area contributed by atoms with E-state index in [9.17, 15) is 0 Å². The first kappa shape index (κ1) is 12.3. The Balaban J connectivity index is 1.74. The number of hydrogen-bond acceptors (Lipinski definition) is 4. The number of aromatic nitrogens is 4. The Hall–Kier alpha value is -2.43. The molecule has 0 bridgehead atoms. The number of anilines is 1. The predicted octanol–water partition coefficient (Wildman–Crippen LogP) is 2.77. The first-order chi connectivity index (χ1) is 10.3. The van der Waals surface area contributed by atoms with Crippen molar-refractivity contribution in [2.45, 2.75) is 25.8 Å². The molecule has 3 aromatic rings. The summed E-state index contributed by atoms with van der Waals surface area (Å²) in [6.07, 6.45) is 2.37. The van der Waals surface area contributed by atoms with Crippen molar-refractivity contribution in [1.82, 2.24) is 19.8 Å². The molecule has 0 aliphatic carbocycles. The SMILES string of the molecule is Cc1nnc2ccc(N3CCCC3c3ccccc3)nn12. The minimum absolute atomic E-state index is 0.410. The van der Waals surface area contributed by atoms with Crippen molar-refractivity contribution in [3.8, 4) is 0 Å². The standard InChI is InChI=1S/C16H17N5/c1-12-17-18-15-9-10-16(19-21(12)15)20-11-5-8-14(20)13-6-3-2-4-7-13/h2-4,6-7,9-10,14H,5,8,11H2,1H3. The zero-order valence-corrected chi connectivity index (χ0v) is 12.0. The van der Waals surface area contributed by atoms with Gasteiger partial charge >= 0.3 is 0 Å². The molecule has 1 aliphatic rings. The van der Waals surface area contributed by atoms with Gasteiger partial charge in [0.05, 0.1) is 6.04 Å². The molecule has 5 heteroatoms. The molecule has 1 saturated heterocycles. The summed E-state index contributed by atoms with van der Waals surface area (Å²) in [5, 5.41) is 12.9. The highest BCUT2D eigenvalue weighted by Crippen LogP contribution is 2.34. The molecule has 21 heavy (non-hydrogen) atoms. The van der Waals surface area contributed by atoms with E-state index < -0.39 is 0 Å². The van der Waals surface area contributed by atoms with Gasteiger partial charge in [-0.05, 0) is 37.5 Å². The van der Waals surface area contributed by atoms with Gasteiger partial charge < -0.3 is 4.90 Å². The van der Waals surface area contributed by atoms with Crippen LogP contribution < -0.4 is 4.90 Å². The van der Waals surface area contributed by atoms with Crippen LogP contribution in [0.25, 0.3) is 5.65 Å². The molecule has 0 radical (unpaired) electrons. The van der Waals surface area contributed by atoms with Crippen LogP contribution in [-0.2, 0) is 0 Å². The lowest BCUT2D eigenvalue weighted by Gasteiger charge is -2.26. The number of hydrogen-bond donors (Lipinski definition) is 0. The maximum absolute atomic E-state index is 4.71. The molecule has 0 amide bonds. The smallest absolute Gasteiger partial charge is 0.178 e. The van der Waals surface area contributed by atoms with Gasteiger partial charge in [0.1, 0.15) is 5.82 Å². The van der Waals surface area contributed by atoms with E-state index in [0.717, 1.165) is 23.8 Å². The number of nitrogens with zero attached hydrogens (tertiary/aromatic N) is 5. The first-order valence-corrected chi connectivity index (χ1v) is 7.33. The minimum atomic E-state index is 0.410. The van der Waals surface area contributed by atoms with E-state index in [1.165, 1.54) is 18.4 Å². The predicted molar refractivity (Wildman–Crippen MR) is 81.3 cm³/mol. The average Bonchev–Trinajstić information content (AvgIpc) is 3.15. The molecular weight excluding hydrogens is 262 g/mol. The van der Waals surface area contributed by atoms with E-state index in [1.54, 1.807) is 0 Å². The van der Waals surface area contributed by atoms with Crippen molar-refractivity contribution in [3.05, 3.63) is 53.9 Å². The van der Waals surface area contributed by atoms with Crippen LogP contribution in [0.5, 0.6) is 0 Å². The molecule has 1 fully saturated rings. The molecule has 3 heterocycles. The Labute approximate surface area is 123 Å². The van der Waals surface area contributed by atoms with Crippen molar-refractivity contribution in [3.63, 3.8) is 0 Å². The molecular formula is C16H17N5. The third kappa shape index (κ3) is 2.05. The minimum Gasteiger partial charge on any atom is -0.348 e. The lowest BCUT2D eigenvalue weighted by Crippen LogP contribution is -2.24. The van der Waals surface area contributed by atoms with E-state index in [1.807, 2.05) is 23.6 Å². The third-order valence-electron chi connectivity index (χ3n) is 4.14. The maximum atomic E-state index is 4.71. The van der Waals surface area contributed by atoms with E-state index in [2.05, 4.69) is 45.4 Å². The highest BCUT2D eigenvalue weighted by atomic mass is 15.4. The molecule has 1 unspecified atom stereocenters. The van der Waals surface area contributed by atoms with Crippen LogP contribution >= 0.6 is 0 Å². The third-order valence-corrected chi connectivity index (χ3v) is 4.14. The quantitative estimate of drug-likeness (QED) is 0.723. The molecule has 0 spiro atoms. The molecule has 0 saturated carbocycles. The maximum Gasteiger partial charge on any atom is 0.178 e. The van der Waals surface area contributed by atoms with Gasteiger partial charge in [0.15, 0.2) is 11.5 Å².